The topological polar surface area (TPSA) is 86.3 Å². The number of fused-ring (bicyclic) bond motifs is 2. The van der Waals surface area contributed by atoms with E-state index in [9.17, 15) is 13.5 Å². The lowest BCUT2D eigenvalue weighted by Crippen LogP contribution is -2.42. The van der Waals surface area contributed by atoms with Crippen LogP contribution in [0.1, 0.15) is 43.2 Å². The Bertz CT molecular complexity index is 927. The molecule has 2 aliphatic heterocycles. The van der Waals surface area contributed by atoms with Gasteiger partial charge in [-0.15, -0.1) is 11.3 Å². The van der Waals surface area contributed by atoms with Crippen molar-refractivity contribution in [1.29, 1.82) is 0 Å². The molecule has 4 rings (SSSR count). The fourth-order valence-electron chi connectivity index (χ4n) is 4.76. The van der Waals surface area contributed by atoms with Gasteiger partial charge in [-0.3, -0.25) is 5.10 Å². The van der Waals surface area contributed by atoms with Gasteiger partial charge in [0.1, 0.15) is 5.69 Å². The minimum absolute atomic E-state index is 0.00692. The van der Waals surface area contributed by atoms with Crippen molar-refractivity contribution in [3.63, 3.8) is 0 Å². The molecule has 0 radical (unpaired) electrons. The first-order chi connectivity index (χ1) is 12.3. The lowest BCUT2D eigenvalue weighted by atomic mass is 9.72. The Balaban J connectivity index is 1.73. The Kier molecular flexibility index (Phi) is 4.30. The molecule has 0 aromatic carbocycles. The molecule has 0 aliphatic carbocycles. The summed E-state index contributed by atoms with van der Waals surface area (Å²) in [7, 11) is -3.58. The number of aliphatic hydroxyl groups is 1. The first-order valence-electron chi connectivity index (χ1n) is 9.09. The Morgan fingerprint density at radius 1 is 1.38 bits per heavy atom. The molecule has 2 bridgehead atoms. The molecule has 2 fully saturated rings. The number of sulfonamides is 1. The van der Waals surface area contributed by atoms with E-state index in [1.54, 1.807) is 10.4 Å². The highest BCUT2D eigenvalue weighted by molar-refractivity contribution is 7.89. The third-order valence-electron chi connectivity index (χ3n) is 6.19. The standard InChI is InChI=1S/C18H25N3O3S2/c1-4-18(10-22)9-13-5-6-17(18)21(13)26(23,24)16-8-15(25-12(16)3)14-7-11(2)19-20-14/h7-8,13,17,22H,4-6,9-10H2,1-3H3,(H,19,20)/t13-,17+,18-/m0/s1. The van der Waals surface area contributed by atoms with E-state index in [4.69, 9.17) is 0 Å². The summed E-state index contributed by atoms with van der Waals surface area (Å²) in [6, 6.07) is 3.60. The number of aryl methyl sites for hydroxylation is 2. The van der Waals surface area contributed by atoms with Gasteiger partial charge in [0.15, 0.2) is 0 Å². The van der Waals surface area contributed by atoms with Crippen molar-refractivity contribution in [3.8, 4) is 10.6 Å². The van der Waals surface area contributed by atoms with Crippen LogP contribution >= 0.6 is 11.3 Å². The van der Waals surface area contributed by atoms with Crippen LogP contribution in [-0.2, 0) is 10.0 Å². The van der Waals surface area contributed by atoms with Gasteiger partial charge >= 0.3 is 0 Å². The lowest BCUT2D eigenvalue weighted by molar-refractivity contribution is 0.0849. The van der Waals surface area contributed by atoms with E-state index >= 15 is 0 Å². The zero-order chi connectivity index (χ0) is 18.7. The quantitative estimate of drug-likeness (QED) is 0.815. The minimum Gasteiger partial charge on any atom is -0.396 e. The molecule has 2 aromatic heterocycles. The van der Waals surface area contributed by atoms with Crippen LogP contribution in [0.4, 0.5) is 0 Å². The molecule has 26 heavy (non-hydrogen) atoms. The van der Waals surface area contributed by atoms with Gasteiger partial charge in [-0.05, 0) is 51.7 Å². The van der Waals surface area contributed by atoms with Gasteiger partial charge in [-0.25, -0.2) is 8.42 Å². The average molecular weight is 396 g/mol. The Morgan fingerprint density at radius 3 is 2.73 bits per heavy atom. The molecule has 0 unspecified atom stereocenters. The Morgan fingerprint density at radius 2 is 2.15 bits per heavy atom. The summed E-state index contributed by atoms with van der Waals surface area (Å²) < 4.78 is 28.7. The number of hydrogen-bond donors (Lipinski definition) is 2. The summed E-state index contributed by atoms with van der Waals surface area (Å²) in [5.41, 5.74) is 1.44. The highest BCUT2D eigenvalue weighted by atomic mass is 32.2. The molecule has 2 saturated heterocycles. The van der Waals surface area contributed by atoms with Gasteiger partial charge in [-0.2, -0.15) is 9.40 Å². The SMILES string of the molecule is CC[C@@]1(CO)C[C@@H]2CC[C@H]1N2S(=O)(=O)c1cc(-c2cc(C)[nH]n2)sc1C. The van der Waals surface area contributed by atoms with Crippen LogP contribution in [0.15, 0.2) is 17.0 Å². The largest absolute Gasteiger partial charge is 0.396 e. The second-order valence-corrected chi connectivity index (χ2v) is 10.7. The van der Waals surface area contributed by atoms with Crippen LogP contribution in [0.5, 0.6) is 0 Å². The summed E-state index contributed by atoms with van der Waals surface area (Å²) in [5.74, 6) is 0. The predicted octanol–water partition coefficient (Wildman–Crippen LogP) is 3.07. The number of nitrogens with zero attached hydrogens (tertiary/aromatic N) is 2. The fraction of sp³-hybridized carbons (Fsp3) is 0.611. The molecule has 8 heteroatoms. The van der Waals surface area contributed by atoms with E-state index < -0.39 is 10.0 Å². The second-order valence-electron chi connectivity index (χ2n) is 7.63. The second kappa shape index (κ2) is 6.15. The maximum atomic E-state index is 13.5. The molecular formula is C18H25N3O3S2. The van der Waals surface area contributed by atoms with Crippen LogP contribution in [-0.4, -0.2) is 46.7 Å². The lowest BCUT2D eigenvalue weighted by Gasteiger charge is -2.34. The first kappa shape index (κ1) is 18.2. The molecule has 6 nitrogen and oxygen atoms in total. The summed E-state index contributed by atoms with van der Waals surface area (Å²) in [6.45, 7) is 5.89. The number of H-pyrrole nitrogens is 1. The minimum atomic E-state index is -3.58. The van der Waals surface area contributed by atoms with E-state index in [0.717, 1.165) is 46.8 Å². The average Bonchev–Trinajstić information content (AvgIpc) is 3.36. The summed E-state index contributed by atoms with van der Waals surface area (Å²) in [5, 5.41) is 17.1. The van der Waals surface area contributed by atoms with Crippen LogP contribution in [0.25, 0.3) is 10.6 Å². The molecule has 4 heterocycles. The fourth-order valence-corrected chi connectivity index (χ4v) is 8.25. The normalized spacial score (nSPS) is 28.9. The van der Waals surface area contributed by atoms with Gasteiger partial charge in [-0.1, -0.05) is 6.92 Å². The molecule has 2 aliphatic rings. The monoisotopic (exact) mass is 395 g/mol. The smallest absolute Gasteiger partial charge is 0.244 e. The van der Waals surface area contributed by atoms with Crippen molar-refractivity contribution in [2.45, 2.75) is 63.4 Å². The summed E-state index contributed by atoms with van der Waals surface area (Å²) >= 11 is 1.46. The van der Waals surface area contributed by atoms with E-state index in [1.165, 1.54) is 11.3 Å². The number of rotatable bonds is 5. The van der Waals surface area contributed by atoms with Crippen LogP contribution in [0.3, 0.4) is 0 Å². The zero-order valence-corrected chi connectivity index (χ0v) is 17.0. The van der Waals surface area contributed by atoms with E-state index in [2.05, 4.69) is 17.1 Å². The van der Waals surface area contributed by atoms with Crippen molar-refractivity contribution in [1.82, 2.24) is 14.5 Å². The highest BCUT2D eigenvalue weighted by Crippen LogP contribution is 2.54. The van der Waals surface area contributed by atoms with Crippen molar-refractivity contribution >= 4 is 21.4 Å². The molecule has 142 valence electrons. The van der Waals surface area contributed by atoms with Gasteiger partial charge in [0.2, 0.25) is 10.0 Å². The van der Waals surface area contributed by atoms with Gasteiger partial charge in [0.05, 0.1) is 16.4 Å². The van der Waals surface area contributed by atoms with Gasteiger partial charge < -0.3 is 5.11 Å². The number of nitrogens with one attached hydrogen (secondary N) is 1. The van der Waals surface area contributed by atoms with E-state index in [-0.39, 0.29) is 24.1 Å². The number of thiophene rings is 1. The maximum Gasteiger partial charge on any atom is 0.244 e. The molecule has 2 aromatic rings. The third kappa shape index (κ3) is 2.50. The first-order valence-corrected chi connectivity index (χ1v) is 11.4. The van der Waals surface area contributed by atoms with Crippen molar-refractivity contribution in [2.24, 2.45) is 5.41 Å². The molecule has 0 amide bonds. The predicted molar refractivity (Wildman–Crippen MR) is 102 cm³/mol. The molecule has 0 spiro atoms. The number of aromatic amines is 1. The zero-order valence-electron chi connectivity index (χ0n) is 15.3. The Hall–Kier alpha value is -1.22. The van der Waals surface area contributed by atoms with Gasteiger partial charge in [0, 0.05) is 28.1 Å². The van der Waals surface area contributed by atoms with Crippen molar-refractivity contribution in [3.05, 3.63) is 22.7 Å². The van der Waals surface area contributed by atoms with E-state index in [0.29, 0.717) is 4.90 Å². The molecular weight excluding hydrogens is 370 g/mol. The van der Waals surface area contributed by atoms with Crippen LogP contribution in [0, 0.1) is 19.3 Å². The van der Waals surface area contributed by atoms with Crippen molar-refractivity contribution in [2.75, 3.05) is 6.61 Å². The number of aromatic nitrogens is 2. The maximum absolute atomic E-state index is 13.5. The summed E-state index contributed by atoms with van der Waals surface area (Å²) in [4.78, 5) is 2.04. The Labute approximate surface area is 158 Å². The molecule has 0 saturated carbocycles. The number of aliphatic hydroxyl groups excluding tert-OH is 1. The van der Waals surface area contributed by atoms with Crippen LogP contribution in [0.2, 0.25) is 0 Å². The van der Waals surface area contributed by atoms with Crippen LogP contribution < -0.4 is 0 Å². The van der Waals surface area contributed by atoms with Crippen molar-refractivity contribution < 1.29 is 13.5 Å². The molecule has 3 atom stereocenters. The number of hydrogen-bond acceptors (Lipinski definition) is 5. The summed E-state index contributed by atoms with van der Waals surface area (Å²) in [6.07, 6.45) is 3.29. The third-order valence-corrected chi connectivity index (χ3v) is 9.48. The van der Waals surface area contributed by atoms with Gasteiger partial charge in [0.25, 0.3) is 0 Å². The molecule has 2 N–H and O–H groups in total. The highest BCUT2D eigenvalue weighted by Gasteiger charge is 2.59. The van der Waals surface area contributed by atoms with E-state index in [1.807, 2.05) is 19.9 Å².